The summed E-state index contributed by atoms with van der Waals surface area (Å²) >= 11 is 15.1. The van der Waals surface area contributed by atoms with Gasteiger partial charge in [-0.2, -0.15) is 9.78 Å². The molecule has 2 aromatic rings. The number of terminal acetylenes is 1. The minimum absolute atomic E-state index is 0.0271. The molecule has 7 heteroatoms. The number of hydrogen-bond acceptors (Lipinski definition) is 4. The van der Waals surface area contributed by atoms with Gasteiger partial charge in [-0.3, -0.25) is 4.79 Å². The zero-order valence-electron chi connectivity index (χ0n) is 11.7. The van der Waals surface area contributed by atoms with E-state index in [2.05, 4.69) is 11.0 Å². The molecule has 0 saturated heterocycles. The quantitative estimate of drug-likeness (QED) is 0.582. The Hall–Kier alpha value is -0.930. The lowest BCUT2D eigenvalue weighted by molar-refractivity contribution is 0.814. The number of rotatable bonds is 4. The normalized spacial score (nSPS) is 15.5. The van der Waals surface area contributed by atoms with Crippen LogP contribution in [0.3, 0.4) is 0 Å². The molecule has 0 N–H and O–H groups in total. The van der Waals surface area contributed by atoms with Gasteiger partial charge in [-0.15, -0.1) is 18.2 Å². The molecule has 3 rings (SSSR count). The number of benzene rings is 1. The Balaban J connectivity index is 2.04. The lowest BCUT2D eigenvalue weighted by Gasteiger charge is -2.10. The van der Waals surface area contributed by atoms with Crippen LogP contribution in [0.4, 0.5) is 0 Å². The zero-order valence-corrected chi connectivity index (χ0v) is 14.8. The third-order valence-corrected chi connectivity index (χ3v) is 6.04. The van der Waals surface area contributed by atoms with E-state index in [4.69, 9.17) is 29.6 Å². The first kappa shape index (κ1) is 15.9. The Morgan fingerprint density at radius 1 is 1.45 bits per heavy atom. The molecule has 1 atom stereocenters. The average Bonchev–Trinajstić information content (AvgIpc) is 3.25. The van der Waals surface area contributed by atoms with E-state index in [1.165, 1.54) is 27.8 Å². The minimum atomic E-state index is -0.132. The van der Waals surface area contributed by atoms with Gasteiger partial charge in [-0.1, -0.05) is 40.5 Å². The first-order chi connectivity index (χ1) is 10.5. The number of hydrogen-bond donors (Lipinski definition) is 0. The summed E-state index contributed by atoms with van der Waals surface area (Å²) in [6, 6.07) is 3.41. The predicted octanol–water partition coefficient (Wildman–Crippen LogP) is 4.59. The highest BCUT2D eigenvalue weighted by Crippen LogP contribution is 2.41. The van der Waals surface area contributed by atoms with Crippen molar-refractivity contribution in [1.82, 2.24) is 9.78 Å². The Labute approximate surface area is 146 Å². The lowest BCUT2D eigenvalue weighted by Crippen LogP contribution is -2.13. The molecule has 1 saturated carbocycles. The third kappa shape index (κ3) is 3.21. The largest absolute Gasteiger partial charge is 0.329 e. The molecule has 3 nitrogen and oxygen atoms in total. The maximum atomic E-state index is 12.2. The van der Waals surface area contributed by atoms with Crippen molar-refractivity contribution in [2.75, 3.05) is 0 Å². The van der Waals surface area contributed by atoms with Crippen LogP contribution in [0.2, 0.25) is 10.0 Å². The van der Waals surface area contributed by atoms with Gasteiger partial charge >= 0.3 is 4.87 Å². The zero-order chi connectivity index (χ0) is 15.9. The molecule has 1 aromatic carbocycles. The molecule has 0 bridgehead atoms. The molecular weight excluding hydrogens is 359 g/mol. The highest BCUT2D eigenvalue weighted by atomic mass is 35.5. The van der Waals surface area contributed by atoms with Gasteiger partial charge < -0.3 is 0 Å². The topological polar surface area (TPSA) is 34.9 Å². The summed E-state index contributed by atoms with van der Waals surface area (Å²) in [5.74, 6) is 3.07. The SMILES string of the molecule is C#CC(C)Sc1cc(-n2nc(C3CC3)sc2=O)c(Cl)cc1Cl. The van der Waals surface area contributed by atoms with Gasteiger partial charge in [0.25, 0.3) is 0 Å². The van der Waals surface area contributed by atoms with Crippen molar-refractivity contribution in [3.05, 3.63) is 36.9 Å². The summed E-state index contributed by atoms with van der Waals surface area (Å²) in [5.41, 5.74) is 0.547. The van der Waals surface area contributed by atoms with E-state index < -0.39 is 0 Å². The van der Waals surface area contributed by atoms with Crippen LogP contribution in [0.5, 0.6) is 0 Å². The molecule has 0 radical (unpaired) electrons. The van der Waals surface area contributed by atoms with Crippen LogP contribution < -0.4 is 4.87 Å². The van der Waals surface area contributed by atoms with E-state index in [0.717, 1.165) is 22.7 Å². The molecular formula is C15H12Cl2N2OS2. The van der Waals surface area contributed by atoms with E-state index in [1.54, 1.807) is 12.1 Å². The first-order valence-electron chi connectivity index (χ1n) is 6.72. The van der Waals surface area contributed by atoms with E-state index in [0.29, 0.717) is 21.7 Å². The summed E-state index contributed by atoms with van der Waals surface area (Å²) in [4.78, 5) is 12.8. The van der Waals surface area contributed by atoms with Gasteiger partial charge in [0.05, 0.1) is 21.0 Å². The van der Waals surface area contributed by atoms with Crippen LogP contribution in [-0.2, 0) is 0 Å². The Kier molecular flexibility index (Phi) is 4.56. The van der Waals surface area contributed by atoms with Crippen LogP contribution in [0.1, 0.15) is 30.7 Å². The van der Waals surface area contributed by atoms with Crippen molar-refractivity contribution in [3.8, 4) is 18.0 Å². The standard InChI is InChI=1S/C15H12Cl2N2OS2/c1-3-8(2)21-13-7-12(10(16)6-11(13)17)19-15(20)22-14(18-19)9-4-5-9/h1,6-9H,4-5H2,2H3. The molecule has 1 aliphatic carbocycles. The monoisotopic (exact) mass is 370 g/mol. The minimum Gasteiger partial charge on any atom is -0.255 e. The third-order valence-electron chi connectivity index (χ3n) is 3.26. The van der Waals surface area contributed by atoms with E-state index in [1.807, 2.05) is 6.92 Å². The predicted molar refractivity (Wildman–Crippen MR) is 93.9 cm³/mol. The van der Waals surface area contributed by atoms with Crippen molar-refractivity contribution < 1.29 is 0 Å². The Morgan fingerprint density at radius 3 is 2.82 bits per heavy atom. The van der Waals surface area contributed by atoms with E-state index >= 15 is 0 Å². The van der Waals surface area contributed by atoms with Gasteiger partial charge in [-0.25, -0.2) is 0 Å². The highest BCUT2D eigenvalue weighted by molar-refractivity contribution is 8.00. The second kappa shape index (κ2) is 6.29. The average molecular weight is 371 g/mol. The molecule has 22 heavy (non-hydrogen) atoms. The number of aromatic nitrogens is 2. The van der Waals surface area contributed by atoms with Gasteiger partial charge in [0.2, 0.25) is 0 Å². The fraction of sp³-hybridized carbons (Fsp3) is 0.333. The smallest absolute Gasteiger partial charge is 0.255 e. The van der Waals surface area contributed by atoms with Crippen molar-refractivity contribution in [2.45, 2.75) is 35.8 Å². The Morgan fingerprint density at radius 2 is 2.18 bits per heavy atom. The van der Waals surface area contributed by atoms with Crippen LogP contribution in [0.15, 0.2) is 21.8 Å². The number of nitrogens with zero attached hydrogens (tertiary/aromatic N) is 2. The van der Waals surface area contributed by atoms with Crippen LogP contribution >= 0.6 is 46.3 Å². The summed E-state index contributed by atoms with van der Waals surface area (Å²) < 4.78 is 1.36. The molecule has 0 spiro atoms. The maximum absolute atomic E-state index is 12.2. The summed E-state index contributed by atoms with van der Waals surface area (Å²) in [6.45, 7) is 1.91. The van der Waals surface area contributed by atoms with Crippen LogP contribution in [0.25, 0.3) is 5.69 Å². The second-order valence-corrected chi connectivity index (χ2v) is 8.22. The van der Waals surface area contributed by atoms with E-state index in [-0.39, 0.29) is 10.1 Å². The van der Waals surface area contributed by atoms with Crippen LogP contribution in [0, 0.1) is 12.3 Å². The van der Waals surface area contributed by atoms with Crippen molar-refractivity contribution >= 4 is 46.3 Å². The van der Waals surface area contributed by atoms with Crippen molar-refractivity contribution in [1.29, 1.82) is 0 Å². The van der Waals surface area contributed by atoms with Gasteiger partial charge in [-0.05, 0) is 31.9 Å². The summed E-state index contributed by atoms with van der Waals surface area (Å²) in [6.07, 6.45) is 7.61. The molecule has 0 amide bonds. The molecule has 1 heterocycles. The second-order valence-electron chi connectivity index (χ2n) is 5.05. The van der Waals surface area contributed by atoms with Crippen LogP contribution in [-0.4, -0.2) is 15.0 Å². The van der Waals surface area contributed by atoms with E-state index in [9.17, 15) is 4.79 Å². The molecule has 1 unspecified atom stereocenters. The fourth-order valence-corrected chi connectivity index (χ4v) is 4.26. The lowest BCUT2D eigenvalue weighted by atomic mass is 10.3. The molecule has 1 fully saturated rings. The molecule has 1 aliphatic rings. The summed E-state index contributed by atoms with van der Waals surface area (Å²) in [7, 11) is 0. The summed E-state index contributed by atoms with van der Waals surface area (Å²) in [5, 5.41) is 6.19. The van der Waals surface area contributed by atoms with Crippen molar-refractivity contribution in [3.63, 3.8) is 0 Å². The molecule has 1 aromatic heterocycles. The number of halogens is 2. The van der Waals surface area contributed by atoms with Gasteiger partial charge in [0, 0.05) is 10.8 Å². The molecule has 0 aliphatic heterocycles. The van der Waals surface area contributed by atoms with Gasteiger partial charge in [0.1, 0.15) is 5.01 Å². The van der Waals surface area contributed by atoms with Crippen molar-refractivity contribution in [2.24, 2.45) is 0 Å². The first-order valence-corrected chi connectivity index (χ1v) is 9.17. The number of thioether (sulfide) groups is 1. The maximum Gasteiger partial charge on any atom is 0.329 e. The van der Waals surface area contributed by atoms with Gasteiger partial charge in [0.15, 0.2) is 0 Å². The fourth-order valence-electron chi connectivity index (χ4n) is 1.94. The Bertz CT molecular complexity index is 818. The highest BCUT2D eigenvalue weighted by Gasteiger charge is 2.28. The molecule has 114 valence electrons.